The first-order chi connectivity index (χ1) is 10.4. The molecule has 1 aromatic carbocycles. The number of alkyl halides is 6. The number of nitrogens with one attached hydrogen (secondary N) is 1. The molecule has 1 amide bonds. The Labute approximate surface area is 152 Å². The SMILES string of the molecule is [Cl-].[Cl-].[NH3+]CC[C@H]([NH3+])CNC(=O)c1cc(C(F)(F)F)cc(C(F)(F)F)c1. The number of halogens is 8. The zero-order chi connectivity index (χ0) is 17.8. The molecular weight excluding hydrogens is 399 g/mol. The van der Waals surface area contributed by atoms with Gasteiger partial charge in [-0.25, -0.2) is 0 Å². The van der Waals surface area contributed by atoms with Crippen LogP contribution in [0.3, 0.4) is 0 Å². The first kappa shape index (κ1) is 26.0. The molecule has 1 atom stereocenters. The second-order valence-electron chi connectivity index (χ2n) is 5.01. The molecule has 0 aromatic heterocycles. The summed E-state index contributed by atoms with van der Waals surface area (Å²) in [5, 5.41) is 2.28. The van der Waals surface area contributed by atoms with Gasteiger partial charge in [0, 0.05) is 5.56 Å². The van der Waals surface area contributed by atoms with E-state index in [2.05, 4.69) is 16.8 Å². The molecule has 0 aliphatic heterocycles. The largest absolute Gasteiger partial charge is 1.00 e. The Hall–Kier alpha value is -1.23. The molecule has 0 aliphatic rings. The Morgan fingerprint density at radius 2 is 1.44 bits per heavy atom. The molecule has 0 bridgehead atoms. The van der Waals surface area contributed by atoms with Crippen LogP contribution in [0.4, 0.5) is 26.3 Å². The van der Waals surface area contributed by atoms with Gasteiger partial charge in [-0.05, 0) is 18.2 Å². The van der Waals surface area contributed by atoms with Gasteiger partial charge in [0.05, 0.1) is 30.6 Å². The maximum Gasteiger partial charge on any atom is 0.416 e. The lowest BCUT2D eigenvalue weighted by atomic mass is 10.0. The summed E-state index contributed by atoms with van der Waals surface area (Å²) in [6.45, 7) is 0.581. The highest BCUT2D eigenvalue weighted by Gasteiger charge is 2.37. The highest BCUT2D eigenvalue weighted by Crippen LogP contribution is 2.36. The van der Waals surface area contributed by atoms with Crippen molar-refractivity contribution in [3.63, 3.8) is 0 Å². The third-order valence-electron chi connectivity index (χ3n) is 3.01. The van der Waals surface area contributed by atoms with E-state index < -0.39 is 35.0 Å². The normalized spacial score (nSPS) is 12.6. The van der Waals surface area contributed by atoms with Gasteiger partial charge in [0.2, 0.25) is 0 Å². The van der Waals surface area contributed by atoms with E-state index in [9.17, 15) is 31.1 Å². The number of carbonyl (C=O) groups excluding carboxylic acids is 1. The first-order valence-corrected chi connectivity index (χ1v) is 6.65. The topological polar surface area (TPSA) is 84.4 Å². The molecule has 0 saturated carbocycles. The Bertz CT molecular complexity index is 533. The van der Waals surface area contributed by atoms with Crippen LogP contribution in [0.1, 0.15) is 27.9 Å². The van der Waals surface area contributed by atoms with E-state index in [1.807, 2.05) is 0 Å². The summed E-state index contributed by atoms with van der Waals surface area (Å²) < 4.78 is 76.2. The van der Waals surface area contributed by atoms with Crippen LogP contribution in [0.5, 0.6) is 0 Å². The van der Waals surface area contributed by atoms with Crippen LogP contribution in [0.15, 0.2) is 18.2 Å². The van der Waals surface area contributed by atoms with Gasteiger partial charge in [-0.2, -0.15) is 26.3 Å². The fourth-order valence-corrected chi connectivity index (χ4v) is 1.82. The van der Waals surface area contributed by atoms with Gasteiger partial charge in [-0.1, -0.05) is 0 Å². The number of benzene rings is 1. The third-order valence-corrected chi connectivity index (χ3v) is 3.01. The van der Waals surface area contributed by atoms with Gasteiger partial charge in [0.15, 0.2) is 0 Å². The summed E-state index contributed by atoms with van der Waals surface area (Å²) in [5.41, 5.74) is 3.52. The Morgan fingerprint density at radius 3 is 1.80 bits per heavy atom. The number of hydrogen-bond acceptors (Lipinski definition) is 1. The van der Waals surface area contributed by atoms with E-state index in [0.717, 1.165) is 0 Å². The quantitative estimate of drug-likeness (QED) is 0.412. The van der Waals surface area contributed by atoms with E-state index in [-0.39, 0.29) is 43.5 Å². The fraction of sp³-hybridized carbons (Fsp3) is 0.462. The molecule has 12 heteroatoms. The maximum absolute atomic E-state index is 12.7. The van der Waals surface area contributed by atoms with Crippen molar-refractivity contribution in [1.29, 1.82) is 0 Å². The molecule has 146 valence electrons. The fourth-order valence-electron chi connectivity index (χ4n) is 1.82. The van der Waals surface area contributed by atoms with Gasteiger partial charge in [-0.3, -0.25) is 4.79 Å². The Balaban J connectivity index is 0. The summed E-state index contributed by atoms with van der Waals surface area (Å²) in [6, 6.07) is 0.530. The summed E-state index contributed by atoms with van der Waals surface area (Å²) in [7, 11) is 0. The molecule has 0 aliphatic carbocycles. The predicted molar refractivity (Wildman–Crippen MR) is 67.8 cm³/mol. The lowest BCUT2D eigenvalue weighted by Gasteiger charge is -2.14. The van der Waals surface area contributed by atoms with Gasteiger partial charge < -0.3 is 41.6 Å². The molecule has 0 heterocycles. The maximum atomic E-state index is 12.7. The molecule has 0 spiro atoms. The van der Waals surface area contributed by atoms with Gasteiger partial charge in [-0.15, -0.1) is 0 Å². The van der Waals surface area contributed by atoms with Crippen LogP contribution in [0.2, 0.25) is 0 Å². The summed E-state index contributed by atoms with van der Waals surface area (Å²) in [5.74, 6) is -1.01. The summed E-state index contributed by atoms with van der Waals surface area (Å²) in [6.07, 6.45) is -9.41. The lowest BCUT2D eigenvalue weighted by molar-refractivity contribution is -0.439. The van der Waals surface area contributed by atoms with E-state index in [4.69, 9.17) is 0 Å². The molecule has 0 fully saturated rings. The van der Waals surface area contributed by atoms with Crippen LogP contribution in [-0.4, -0.2) is 25.0 Å². The van der Waals surface area contributed by atoms with Gasteiger partial charge in [0.25, 0.3) is 5.91 Å². The smallest absolute Gasteiger partial charge is 0.416 e. The van der Waals surface area contributed by atoms with Crippen molar-refractivity contribution in [2.45, 2.75) is 24.8 Å². The predicted octanol–water partition coefficient (Wildman–Crippen LogP) is -5.30. The molecule has 1 rings (SSSR count). The van der Waals surface area contributed by atoms with Crippen molar-refractivity contribution >= 4 is 5.91 Å². The minimum Gasteiger partial charge on any atom is -1.00 e. The standard InChI is InChI=1S/C13H15F6N3O.2ClH/c14-12(15,16)8-3-7(4-9(5-8)13(17,18)19)11(23)22-6-10(21)1-2-20;;/h3-5,10H,1-2,6,20-21H2,(H,22,23);2*1H/t10-;;/m0../s1. The second kappa shape index (κ2) is 10.0. The molecule has 7 N–H and O–H groups in total. The number of rotatable bonds is 5. The third kappa shape index (κ3) is 8.13. The molecule has 4 nitrogen and oxygen atoms in total. The Kier molecular flexibility index (Phi) is 10.5. The number of quaternary nitrogens is 2. The van der Waals surface area contributed by atoms with Gasteiger partial charge in [0.1, 0.15) is 6.04 Å². The van der Waals surface area contributed by atoms with E-state index in [1.54, 1.807) is 0 Å². The van der Waals surface area contributed by atoms with Gasteiger partial charge >= 0.3 is 12.4 Å². The molecule has 0 unspecified atom stereocenters. The molecule has 0 radical (unpaired) electrons. The summed E-state index contributed by atoms with van der Waals surface area (Å²) >= 11 is 0. The van der Waals surface area contributed by atoms with E-state index in [1.165, 1.54) is 0 Å². The van der Waals surface area contributed by atoms with Crippen molar-refractivity contribution in [2.24, 2.45) is 0 Å². The molecular formula is C13H17Cl2F6N3O. The average molecular weight is 416 g/mol. The average Bonchev–Trinajstić information content (AvgIpc) is 2.42. The molecule has 25 heavy (non-hydrogen) atoms. The highest BCUT2D eigenvalue weighted by molar-refractivity contribution is 5.94. The van der Waals surface area contributed by atoms with Crippen molar-refractivity contribution in [2.75, 3.05) is 13.1 Å². The van der Waals surface area contributed by atoms with Crippen LogP contribution in [-0.2, 0) is 12.4 Å². The van der Waals surface area contributed by atoms with Crippen LogP contribution < -0.4 is 41.6 Å². The van der Waals surface area contributed by atoms with Crippen molar-refractivity contribution < 1.29 is 67.4 Å². The first-order valence-electron chi connectivity index (χ1n) is 6.65. The van der Waals surface area contributed by atoms with E-state index >= 15 is 0 Å². The van der Waals surface area contributed by atoms with Crippen LogP contribution in [0, 0.1) is 0 Å². The van der Waals surface area contributed by atoms with E-state index in [0.29, 0.717) is 25.1 Å². The lowest BCUT2D eigenvalue weighted by Crippen LogP contribution is -3.00. The van der Waals surface area contributed by atoms with Crippen molar-refractivity contribution in [1.82, 2.24) is 5.32 Å². The second-order valence-corrected chi connectivity index (χ2v) is 5.01. The number of amides is 1. The zero-order valence-electron chi connectivity index (χ0n) is 12.8. The minimum absolute atomic E-state index is 0. The minimum atomic E-state index is -4.99. The highest BCUT2D eigenvalue weighted by atomic mass is 35.5. The monoisotopic (exact) mass is 415 g/mol. The Morgan fingerprint density at radius 1 is 1.00 bits per heavy atom. The summed E-state index contributed by atoms with van der Waals surface area (Å²) in [4.78, 5) is 11.8. The zero-order valence-corrected chi connectivity index (χ0v) is 14.3. The van der Waals surface area contributed by atoms with Crippen LogP contribution in [0.25, 0.3) is 0 Å². The molecule has 1 aromatic rings. The van der Waals surface area contributed by atoms with Crippen molar-refractivity contribution in [3.05, 3.63) is 34.9 Å². The number of carbonyl (C=O) groups is 1. The molecule has 0 saturated heterocycles. The van der Waals surface area contributed by atoms with Crippen molar-refractivity contribution in [3.8, 4) is 0 Å². The van der Waals surface area contributed by atoms with Crippen LogP contribution >= 0.6 is 0 Å². The number of hydrogen-bond donors (Lipinski definition) is 3.